The first-order chi connectivity index (χ1) is 12.0. The molecule has 3 aliphatic heterocycles. The average Bonchev–Trinajstić information content (AvgIpc) is 2.88. The predicted octanol–water partition coefficient (Wildman–Crippen LogP) is 2.55. The lowest BCUT2D eigenvalue weighted by atomic mass is 9.93. The smallest absolute Gasteiger partial charge is 0.223 e. The van der Waals surface area contributed by atoms with Gasteiger partial charge in [-0.25, -0.2) is 0 Å². The lowest BCUT2D eigenvalue weighted by molar-refractivity contribution is -0.130. The second-order valence-corrected chi connectivity index (χ2v) is 8.42. The highest BCUT2D eigenvalue weighted by Crippen LogP contribution is 2.34. The van der Waals surface area contributed by atoms with E-state index in [-0.39, 0.29) is 11.5 Å². The number of amides is 1. The molecule has 0 saturated carbocycles. The monoisotopic (exact) mass is 344 g/mol. The molecule has 0 N–H and O–H groups in total. The predicted molar refractivity (Wildman–Crippen MR) is 95.9 cm³/mol. The summed E-state index contributed by atoms with van der Waals surface area (Å²) in [7, 11) is 0. The van der Waals surface area contributed by atoms with Crippen molar-refractivity contribution in [2.45, 2.75) is 45.3 Å². The molecule has 2 atom stereocenters. The molecule has 136 valence electrons. The number of ether oxygens (including phenoxy) is 2. The molecule has 0 spiro atoms. The largest absolute Gasteiger partial charge is 0.486 e. The van der Waals surface area contributed by atoms with E-state index >= 15 is 0 Å². The second kappa shape index (κ2) is 6.52. The third-order valence-electron chi connectivity index (χ3n) is 5.50. The summed E-state index contributed by atoms with van der Waals surface area (Å²) in [5.41, 5.74) is 0.114. The van der Waals surface area contributed by atoms with Gasteiger partial charge in [0.1, 0.15) is 12.7 Å². The van der Waals surface area contributed by atoms with Crippen LogP contribution >= 0.6 is 0 Å². The fraction of sp³-hybridized carbons (Fsp3) is 0.650. The molecule has 2 saturated heterocycles. The van der Waals surface area contributed by atoms with Crippen LogP contribution in [0.25, 0.3) is 0 Å². The van der Waals surface area contributed by atoms with Gasteiger partial charge in [-0.15, -0.1) is 0 Å². The number of nitrogens with zero attached hydrogens (tertiary/aromatic N) is 2. The van der Waals surface area contributed by atoms with Crippen LogP contribution in [0.2, 0.25) is 0 Å². The third-order valence-corrected chi connectivity index (χ3v) is 5.50. The van der Waals surface area contributed by atoms with Crippen LogP contribution in [0.3, 0.4) is 0 Å². The lowest BCUT2D eigenvalue weighted by Crippen LogP contribution is -2.51. The zero-order chi connectivity index (χ0) is 17.4. The van der Waals surface area contributed by atoms with Crippen LogP contribution in [0, 0.1) is 5.41 Å². The van der Waals surface area contributed by atoms with E-state index in [1.807, 2.05) is 24.3 Å². The minimum atomic E-state index is 0.0550. The van der Waals surface area contributed by atoms with E-state index in [0.29, 0.717) is 25.0 Å². The van der Waals surface area contributed by atoms with Crippen LogP contribution in [-0.2, 0) is 4.79 Å². The van der Waals surface area contributed by atoms with Crippen LogP contribution in [0.4, 0.5) is 0 Å². The summed E-state index contributed by atoms with van der Waals surface area (Å²) >= 11 is 0. The number of para-hydroxylation sites is 2. The number of hydrogen-bond donors (Lipinski definition) is 0. The molecule has 0 aromatic heterocycles. The molecule has 2 fully saturated rings. The molecular formula is C20H28N2O3. The van der Waals surface area contributed by atoms with E-state index in [1.165, 1.54) is 0 Å². The van der Waals surface area contributed by atoms with Crippen molar-refractivity contribution in [3.8, 4) is 11.5 Å². The number of piperidine rings is 1. The molecule has 25 heavy (non-hydrogen) atoms. The van der Waals surface area contributed by atoms with Gasteiger partial charge in [0.15, 0.2) is 11.5 Å². The van der Waals surface area contributed by atoms with Crippen molar-refractivity contribution in [3.05, 3.63) is 24.3 Å². The molecule has 1 aromatic rings. The highest BCUT2D eigenvalue weighted by atomic mass is 16.6. The molecule has 0 radical (unpaired) electrons. The van der Waals surface area contributed by atoms with Gasteiger partial charge in [0, 0.05) is 32.1 Å². The van der Waals surface area contributed by atoms with Crippen LogP contribution in [-0.4, -0.2) is 60.6 Å². The van der Waals surface area contributed by atoms with Gasteiger partial charge < -0.3 is 14.4 Å². The Morgan fingerprint density at radius 3 is 2.80 bits per heavy atom. The molecule has 0 bridgehead atoms. The van der Waals surface area contributed by atoms with E-state index in [9.17, 15) is 4.79 Å². The van der Waals surface area contributed by atoms with Gasteiger partial charge in [-0.1, -0.05) is 26.0 Å². The fourth-order valence-electron chi connectivity index (χ4n) is 4.34. The summed E-state index contributed by atoms with van der Waals surface area (Å²) in [6.07, 6.45) is 2.99. The standard InChI is InChI=1S/C20H28N2O3/c1-20(2)10-19(23)22(14-20)15-6-5-9-21(11-15)12-16-13-24-17-7-3-4-8-18(17)25-16/h3-4,7-8,15-16H,5-6,9-14H2,1-2H3/t15-,16-/m0/s1. The van der Waals surface area contributed by atoms with Crippen molar-refractivity contribution in [1.82, 2.24) is 9.80 Å². The van der Waals surface area contributed by atoms with E-state index in [2.05, 4.69) is 23.6 Å². The zero-order valence-electron chi connectivity index (χ0n) is 15.2. The van der Waals surface area contributed by atoms with E-state index in [4.69, 9.17) is 9.47 Å². The number of fused-ring (bicyclic) bond motifs is 1. The molecule has 5 nitrogen and oxygen atoms in total. The summed E-state index contributed by atoms with van der Waals surface area (Å²) in [5, 5.41) is 0. The first kappa shape index (κ1) is 16.7. The molecule has 1 aromatic carbocycles. The Kier molecular flexibility index (Phi) is 4.36. The van der Waals surface area contributed by atoms with E-state index in [1.54, 1.807) is 0 Å². The van der Waals surface area contributed by atoms with Gasteiger partial charge in [-0.05, 0) is 36.9 Å². The van der Waals surface area contributed by atoms with Gasteiger partial charge in [-0.2, -0.15) is 0 Å². The minimum absolute atomic E-state index is 0.0550. The number of benzene rings is 1. The van der Waals surface area contributed by atoms with Crippen molar-refractivity contribution >= 4 is 5.91 Å². The fourth-order valence-corrected chi connectivity index (χ4v) is 4.34. The van der Waals surface area contributed by atoms with Crippen molar-refractivity contribution in [2.24, 2.45) is 5.41 Å². The minimum Gasteiger partial charge on any atom is -0.486 e. The van der Waals surface area contributed by atoms with Gasteiger partial charge in [0.2, 0.25) is 5.91 Å². The van der Waals surface area contributed by atoms with Gasteiger partial charge in [-0.3, -0.25) is 9.69 Å². The quantitative estimate of drug-likeness (QED) is 0.845. The molecule has 5 heteroatoms. The van der Waals surface area contributed by atoms with Gasteiger partial charge in [0.25, 0.3) is 0 Å². The first-order valence-corrected chi connectivity index (χ1v) is 9.40. The number of rotatable bonds is 3. The highest BCUT2D eigenvalue weighted by Gasteiger charge is 2.40. The number of carbonyl (C=O) groups excluding carboxylic acids is 1. The Morgan fingerprint density at radius 1 is 1.24 bits per heavy atom. The summed E-state index contributed by atoms with van der Waals surface area (Å²) in [6.45, 7) is 8.74. The molecule has 0 unspecified atom stereocenters. The maximum atomic E-state index is 12.4. The molecule has 4 rings (SSSR count). The Bertz CT molecular complexity index is 646. The average molecular weight is 344 g/mol. The molecular weight excluding hydrogens is 316 g/mol. The van der Waals surface area contributed by atoms with Gasteiger partial charge >= 0.3 is 0 Å². The molecule has 0 aliphatic carbocycles. The normalized spacial score (nSPS) is 29.0. The maximum Gasteiger partial charge on any atom is 0.223 e. The molecule has 3 aliphatic rings. The van der Waals surface area contributed by atoms with Crippen molar-refractivity contribution in [2.75, 3.05) is 32.8 Å². The van der Waals surface area contributed by atoms with Crippen LogP contribution < -0.4 is 9.47 Å². The summed E-state index contributed by atoms with van der Waals surface area (Å²) in [4.78, 5) is 16.9. The SMILES string of the molecule is CC1(C)CC(=O)N([C@H]2CCCN(C[C@H]3COc4ccccc4O3)C2)C1. The first-order valence-electron chi connectivity index (χ1n) is 9.40. The van der Waals surface area contributed by atoms with Crippen LogP contribution in [0.15, 0.2) is 24.3 Å². The van der Waals surface area contributed by atoms with Gasteiger partial charge in [0.05, 0.1) is 0 Å². The third kappa shape index (κ3) is 3.61. The number of likely N-dealkylation sites (tertiary alicyclic amines) is 2. The number of hydrogen-bond acceptors (Lipinski definition) is 4. The molecule has 3 heterocycles. The topological polar surface area (TPSA) is 42.0 Å². The second-order valence-electron chi connectivity index (χ2n) is 8.42. The summed E-state index contributed by atoms with van der Waals surface area (Å²) in [6, 6.07) is 8.20. The maximum absolute atomic E-state index is 12.4. The van der Waals surface area contributed by atoms with Crippen molar-refractivity contribution in [1.29, 1.82) is 0 Å². The Morgan fingerprint density at radius 2 is 2.04 bits per heavy atom. The van der Waals surface area contributed by atoms with E-state index < -0.39 is 0 Å². The zero-order valence-corrected chi connectivity index (χ0v) is 15.2. The lowest BCUT2D eigenvalue weighted by Gasteiger charge is -2.40. The van der Waals surface area contributed by atoms with Crippen LogP contribution in [0.1, 0.15) is 33.1 Å². The van der Waals surface area contributed by atoms with Crippen LogP contribution in [0.5, 0.6) is 11.5 Å². The Hall–Kier alpha value is -1.75. The summed E-state index contributed by atoms with van der Waals surface area (Å²) < 4.78 is 11.9. The number of carbonyl (C=O) groups is 1. The van der Waals surface area contributed by atoms with Crippen molar-refractivity contribution < 1.29 is 14.3 Å². The Balaban J connectivity index is 1.35. The Labute approximate surface area is 149 Å². The van der Waals surface area contributed by atoms with Crippen molar-refractivity contribution in [3.63, 3.8) is 0 Å². The highest BCUT2D eigenvalue weighted by molar-refractivity contribution is 5.79. The molecule has 1 amide bonds. The summed E-state index contributed by atoms with van der Waals surface area (Å²) in [5.74, 6) is 1.99. The van der Waals surface area contributed by atoms with E-state index in [0.717, 1.165) is 50.5 Å².